The lowest BCUT2D eigenvalue weighted by atomic mass is 10.2. The van der Waals surface area contributed by atoms with Gasteiger partial charge in [0.1, 0.15) is 5.75 Å². The fourth-order valence-corrected chi connectivity index (χ4v) is 3.18. The van der Waals surface area contributed by atoms with Gasteiger partial charge in [-0.25, -0.2) is 9.37 Å². The Bertz CT molecular complexity index is 1210. The summed E-state index contributed by atoms with van der Waals surface area (Å²) in [6.45, 7) is 0.682. The minimum absolute atomic E-state index is 0.0508. The van der Waals surface area contributed by atoms with E-state index in [4.69, 9.17) is 27.9 Å². The van der Waals surface area contributed by atoms with Gasteiger partial charge in [-0.3, -0.25) is 4.79 Å². The van der Waals surface area contributed by atoms with Crippen molar-refractivity contribution in [3.8, 4) is 11.5 Å². The molecule has 0 radical (unpaired) electrons. The fourth-order valence-electron chi connectivity index (χ4n) is 2.88. The van der Waals surface area contributed by atoms with Crippen LogP contribution in [0.3, 0.4) is 0 Å². The van der Waals surface area contributed by atoms with E-state index in [9.17, 15) is 9.18 Å². The number of anilines is 1. The summed E-state index contributed by atoms with van der Waals surface area (Å²) in [5.41, 5.74) is 1.66. The smallest absolute Gasteiger partial charge is 0.255 e. The topological polar surface area (TPSA) is 56.1 Å². The molecule has 1 amide bonds. The second-order valence-corrected chi connectivity index (χ2v) is 7.52. The zero-order valence-electron chi connectivity index (χ0n) is 16.1. The Balaban J connectivity index is 1.41. The molecule has 0 unspecified atom stereocenters. The quantitative estimate of drug-likeness (QED) is 0.364. The summed E-state index contributed by atoms with van der Waals surface area (Å²) in [6, 6.07) is 16.1. The molecule has 0 aliphatic heterocycles. The molecule has 1 aromatic heterocycles. The van der Waals surface area contributed by atoms with Crippen LogP contribution in [0, 0.1) is 5.82 Å². The van der Waals surface area contributed by atoms with E-state index < -0.39 is 11.7 Å². The lowest BCUT2D eigenvalue weighted by Gasteiger charge is -2.10. The van der Waals surface area contributed by atoms with E-state index >= 15 is 0 Å². The number of hydrogen-bond donors (Lipinski definition) is 1. The van der Waals surface area contributed by atoms with Crippen LogP contribution >= 0.6 is 23.2 Å². The highest BCUT2D eigenvalue weighted by atomic mass is 35.5. The van der Waals surface area contributed by atoms with E-state index in [1.165, 1.54) is 30.3 Å². The van der Waals surface area contributed by atoms with Crippen LogP contribution in [0.25, 0.3) is 0 Å². The summed E-state index contributed by atoms with van der Waals surface area (Å²) in [7, 11) is 0. The number of ether oxygens (including phenoxy) is 1. The van der Waals surface area contributed by atoms with Crippen LogP contribution in [0.5, 0.6) is 11.5 Å². The van der Waals surface area contributed by atoms with Gasteiger partial charge in [-0.05, 0) is 48.0 Å². The Hall–Kier alpha value is -3.35. The first kappa shape index (κ1) is 20.9. The van der Waals surface area contributed by atoms with Crippen LogP contribution in [0.4, 0.5) is 10.1 Å². The number of aromatic nitrogens is 2. The molecule has 31 heavy (non-hydrogen) atoms. The van der Waals surface area contributed by atoms with E-state index in [0.717, 1.165) is 5.56 Å². The number of benzene rings is 3. The molecule has 156 valence electrons. The van der Waals surface area contributed by atoms with Gasteiger partial charge in [-0.15, -0.1) is 0 Å². The van der Waals surface area contributed by atoms with E-state index in [1.807, 2.05) is 22.9 Å². The number of nitrogens with zero attached hydrogens (tertiary/aromatic N) is 2. The summed E-state index contributed by atoms with van der Waals surface area (Å²) < 4.78 is 22.1. The number of halogens is 3. The number of amides is 1. The molecular formula is C23H16Cl2FN3O2. The Labute approximate surface area is 188 Å². The van der Waals surface area contributed by atoms with Crippen molar-refractivity contribution in [2.75, 3.05) is 5.32 Å². The Morgan fingerprint density at radius 3 is 2.52 bits per heavy atom. The Morgan fingerprint density at radius 1 is 1.03 bits per heavy atom. The van der Waals surface area contributed by atoms with Crippen LogP contribution in [0.1, 0.15) is 15.9 Å². The third kappa shape index (κ3) is 5.23. The summed E-state index contributed by atoms with van der Waals surface area (Å²) in [4.78, 5) is 16.3. The molecule has 3 aromatic carbocycles. The van der Waals surface area contributed by atoms with Gasteiger partial charge in [0.25, 0.3) is 5.91 Å². The molecular weight excluding hydrogens is 440 g/mol. The highest BCUT2D eigenvalue weighted by Crippen LogP contribution is 2.28. The molecule has 0 saturated heterocycles. The van der Waals surface area contributed by atoms with Gasteiger partial charge in [-0.2, -0.15) is 0 Å². The van der Waals surface area contributed by atoms with Crippen LogP contribution in [-0.4, -0.2) is 15.5 Å². The minimum Gasteiger partial charge on any atom is -0.454 e. The maximum absolute atomic E-state index is 14.5. The molecule has 0 aliphatic carbocycles. The lowest BCUT2D eigenvalue weighted by Crippen LogP contribution is -2.12. The van der Waals surface area contributed by atoms with Gasteiger partial charge in [-0.1, -0.05) is 35.3 Å². The first-order valence-corrected chi connectivity index (χ1v) is 10.0. The second kappa shape index (κ2) is 9.20. The molecule has 0 atom stereocenters. The summed E-state index contributed by atoms with van der Waals surface area (Å²) in [5.74, 6) is -0.481. The van der Waals surface area contributed by atoms with Crippen molar-refractivity contribution in [2.24, 2.45) is 0 Å². The molecule has 0 fully saturated rings. The van der Waals surface area contributed by atoms with Gasteiger partial charge in [0, 0.05) is 36.3 Å². The van der Waals surface area contributed by atoms with Crippen molar-refractivity contribution in [1.29, 1.82) is 0 Å². The van der Waals surface area contributed by atoms with Crippen molar-refractivity contribution in [3.63, 3.8) is 0 Å². The van der Waals surface area contributed by atoms with Crippen molar-refractivity contribution >= 4 is 34.8 Å². The summed E-state index contributed by atoms with van der Waals surface area (Å²) in [5, 5.41) is 3.23. The molecule has 5 nitrogen and oxygen atoms in total. The van der Waals surface area contributed by atoms with Crippen LogP contribution in [0.2, 0.25) is 10.0 Å². The zero-order valence-corrected chi connectivity index (χ0v) is 17.6. The van der Waals surface area contributed by atoms with Gasteiger partial charge >= 0.3 is 0 Å². The number of carbonyl (C=O) groups excluding carboxylic acids is 1. The largest absolute Gasteiger partial charge is 0.454 e. The first-order valence-electron chi connectivity index (χ1n) is 9.26. The summed E-state index contributed by atoms with van der Waals surface area (Å²) in [6.07, 6.45) is 5.33. The lowest BCUT2D eigenvalue weighted by molar-refractivity contribution is 0.102. The Kier molecular flexibility index (Phi) is 6.21. The molecule has 4 rings (SSSR count). The van der Waals surface area contributed by atoms with Gasteiger partial charge < -0.3 is 14.6 Å². The molecule has 8 heteroatoms. The standard InChI is InChI=1S/C23H16Cl2FN3O2/c24-19-7-3-16(11-20(19)25)23(30)28-17-4-8-22(21(26)12-17)31-18-5-1-15(2-6-18)13-29-10-9-27-14-29/h1-12,14H,13H2,(H,28,30). The third-order valence-electron chi connectivity index (χ3n) is 4.45. The van der Waals surface area contributed by atoms with Gasteiger partial charge in [0.05, 0.1) is 16.4 Å². The number of carbonyl (C=O) groups is 1. The van der Waals surface area contributed by atoms with Crippen LogP contribution in [0.15, 0.2) is 79.4 Å². The average molecular weight is 456 g/mol. The van der Waals surface area contributed by atoms with Crippen LogP contribution < -0.4 is 10.1 Å². The normalized spacial score (nSPS) is 10.7. The summed E-state index contributed by atoms with van der Waals surface area (Å²) >= 11 is 11.8. The van der Waals surface area contributed by atoms with Crippen molar-refractivity contribution in [1.82, 2.24) is 9.55 Å². The molecule has 4 aromatic rings. The average Bonchev–Trinajstić information content (AvgIpc) is 3.26. The predicted octanol–water partition coefficient (Wildman–Crippen LogP) is 6.42. The zero-order chi connectivity index (χ0) is 21.8. The van der Waals surface area contributed by atoms with Gasteiger partial charge in [0.15, 0.2) is 11.6 Å². The van der Waals surface area contributed by atoms with Gasteiger partial charge in [0.2, 0.25) is 0 Å². The first-order chi connectivity index (χ1) is 15.0. The van der Waals surface area contributed by atoms with Crippen molar-refractivity contribution in [3.05, 3.63) is 106 Å². The highest BCUT2D eigenvalue weighted by molar-refractivity contribution is 6.42. The third-order valence-corrected chi connectivity index (χ3v) is 5.19. The highest BCUT2D eigenvalue weighted by Gasteiger charge is 2.11. The minimum atomic E-state index is -0.602. The van der Waals surface area contributed by atoms with Crippen LogP contribution in [-0.2, 0) is 6.54 Å². The SMILES string of the molecule is O=C(Nc1ccc(Oc2ccc(Cn3ccnc3)cc2)c(F)c1)c1ccc(Cl)c(Cl)c1. The molecule has 0 aliphatic rings. The van der Waals surface area contributed by atoms with Crippen molar-refractivity contribution in [2.45, 2.75) is 6.54 Å². The molecule has 0 saturated carbocycles. The number of hydrogen-bond acceptors (Lipinski definition) is 3. The molecule has 1 N–H and O–H groups in total. The molecule has 0 bridgehead atoms. The van der Waals surface area contributed by atoms with E-state index in [1.54, 1.807) is 30.7 Å². The monoisotopic (exact) mass is 455 g/mol. The number of nitrogens with one attached hydrogen (secondary N) is 1. The van der Waals surface area contributed by atoms with Crippen molar-refractivity contribution < 1.29 is 13.9 Å². The van der Waals surface area contributed by atoms with E-state index in [2.05, 4.69) is 10.3 Å². The van der Waals surface area contributed by atoms with E-state index in [0.29, 0.717) is 22.9 Å². The van der Waals surface area contributed by atoms with E-state index in [-0.39, 0.29) is 16.5 Å². The maximum Gasteiger partial charge on any atom is 0.255 e. The Morgan fingerprint density at radius 2 is 1.84 bits per heavy atom. The predicted molar refractivity (Wildman–Crippen MR) is 119 cm³/mol. The second-order valence-electron chi connectivity index (χ2n) is 6.71. The fraction of sp³-hybridized carbons (Fsp3) is 0.0435. The maximum atomic E-state index is 14.5. The number of imidazole rings is 1. The number of rotatable bonds is 6. The molecule has 0 spiro atoms. The molecule has 1 heterocycles.